The monoisotopic (exact) mass is 374 g/mol. The number of sulfone groups is 1. The number of hydrogen-bond acceptors (Lipinski definition) is 6. The Morgan fingerprint density at radius 1 is 1.19 bits per heavy atom. The van der Waals surface area contributed by atoms with E-state index >= 15 is 0 Å². The molecule has 138 valence electrons. The standard InChI is InChI=1S/C18H22N4O3S/c1-12(2)15-5-3-4-6-16(15)22-18-19-9-13(10-20-18)17(23)21-14-7-8-26(24,25)11-14/h3-6,9-10,12,14H,7-8,11H2,1-2H3,(H,21,23)(H,19,20,22). The number of anilines is 2. The summed E-state index contributed by atoms with van der Waals surface area (Å²) in [7, 11) is -3.03. The lowest BCUT2D eigenvalue weighted by molar-refractivity contribution is 0.0940. The summed E-state index contributed by atoms with van der Waals surface area (Å²) < 4.78 is 22.9. The third-order valence-corrected chi connectivity index (χ3v) is 6.08. The van der Waals surface area contributed by atoms with Crippen LogP contribution < -0.4 is 10.6 Å². The molecule has 1 aromatic carbocycles. The molecule has 0 saturated carbocycles. The van der Waals surface area contributed by atoms with Crippen molar-refractivity contribution in [3.8, 4) is 0 Å². The van der Waals surface area contributed by atoms with Crippen LogP contribution in [0.1, 0.15) is 42.1 Å². The molecule has 0 aliphatic carbocycles. The number of rotatable bonds is 5. The van der Waals surface area contributed by atoms with Crippen molar-refractivity contribution in [1.29, 1.82) is 0 Å². The minimum Gasteiger partial charge on any atom is -0.348 e. The fraction of sp³-hybridized carbons (Fsp3) is 0.389. The smallest absolute Gasteiger partial charge is 0.254 e. The van der Waals surface area contributed by atoms with E-state index in [2.05, 4.69) is 34.4 Å². The highest BCUT2D eigenvalue weighted by atomic mass is 32.2. The summed E-state index contributed by atoms with van der Waals surface area (Å²) in [6.45, 7) is 4.22. The number of aromatic nitrogens is 2. The van der Waals surface area contributed by atoms with Gasteiger partial charge in [0.2, 0.25) is 5.95 Å². The van der Waals surface area contributed by atoms with E-state index in [1.54, 1.807) is 0 Å². The largest absolute Gasteiger partial charge is 0.348 e. The number of benzene rings is 1. The SMILES string of the molecule is CC(C)c1ccccc1Nc1ncc(C(=O)NC2CCS(=O)(=O)C2)cn1. The maximum atomic E-state index is 12.2. The van der Waals surface area contributed by atoms with E-state index in [-0.39, 0.29) is 23.5 Å². The zero-order chi connectivity index (χ0) is 18.7. The maximum Gasteiger partial charge on any atom is 0.254 e. The molecule has 0 spiro atoms. The molecule has 2 aromatic rings. The Morgan fingerprint density at radius 2 is 1.88 bits per heavy atom. The Kier molecular flexibility index (Phi) is 5.22. The summed E-state index contributed by atoms with van der Waals surface area (Å²) >= 11 is 0. The van der Waals surface area contributed by atoms with E-state index in [1.165, 1.54) is 12.4 Å². The molecular weight excluding hydrogens is 352 g/mol. The van der Waals surface area contributed by atoms with Gasteiger partial charge < -0.3 is 10.6 Å². The van der Waals surface area contributed by atoms with E-state index in [4.69, 9.17) is 0 Å². The van der Waals surface area contributed by atoms with Crippen LogP contribution in [0.5, 0.6) is 0 Å². The van der Waals surface area contributed by atoms with Gasteiger partial charge in [-0.3, -0.25) is 4.79 Å². The van der Waals surface area contributed by atoms with Crippen molar-refractivity contribution in [3.63, 3.8) is 0 Å². The molecule has 7 nitrogen and oxygen atoms in total. The van der Waals surface area contributed by atoms with Gasteiger partial charge in [0.15, 0.2) is 9.84 Å². The zero-order valence-electron chi connectivity index (χ0n) is 14.8. The van der Waals surface area contributed by atoms with Gasteiger partial charge in [-0.15, -0.1) is 0 Å². The van der Waals surface area contributed by atoms with Crippen molar-refractivity contribution in [2.24, 2.45) is 0 Å². The third kappa shape index (κ3) is 4.37. The first-order chi connectivity index (χ1) is 12.3. The van der Waals surface area contributed by atoms with E-state index in [0.29, 0.717) is 23.9 Å². The molecule has 8 heteroatoms. The van der Waals surface area contributed by atoms with Crippen molar-refractivity contribution in [2.75, 3.05) is 16.8 Å². The molecule has 2 N–H and O–H groups in total. The quantitative estimate of drug-likeness (QED) is 0.832. The van der Waals surface area contributed by atoms with Gasteiger partial charge in [-0.25, -0.2) is 18.4 Å². The summed E-state index contributed by atoms with van der Waals surface area (Å²) in [5.41, 5.74) is 2.38. The lowest BCUT2D eigenvalue weighted by Crippen LogP contribution is -2.35. The van der Waals surface area contributed by atoms with Crippen LogP contribution in [-0.2, 0) is 9.84 Å². The second-order valence-electron chi connectivity index (χ2n) is 6.74. The number of para-hydroxylation sites is 1. The number of carbonyl (C=O) groups is 1. The molecular formula is C18H22N4O3S. The Labute approximate surface area is 153 Å². The van der Waals surface area contributed by atoms with E-state index in [9.17, 15) is 13.2 Å². The first kappa shape index (κ1) is 18.3. The van der Waals surface area contributed by atoms with Crippen LogP contribution in [0.4, 0.5) is 11.6 Å². The van der Waals surface area contributed by atoms with Crippen LogP contribution >= 0.6 is 0 Å². The van der Waals surface area contributed by atoms with Crippen LogP contribution in [0, 0.1) is 0 Å². The third-order valence-electron chi connectivity index (χ3n) is 4.31. The number of nitrogens with one attached hydrogen (secondary N) is 2. The first-order valence-electron chi connectivity index (χ1n) is 8.53. The van der Waals surface area contributed by atoms with Crippen LogP contribution in [0.15, 0.2) is 36.7 Å². The molecule has 1 atom stereocenters. The summed E-state index contributed by atoms with van der Waals surface area (Å²) in [5, 5.41) is 5.90. The number of nitrogens with zero attached hydrogens (tertiary/aromatic N) is 2. The number of carbonyl (C=O) groups excluding carboxylic acids is 1. The Morgan fingerprint density at radius 3 is 2.50 bits per heavy atom. The molecule has 1 aliphatic rings. The van der Waals surface area contributed by atoms with Crippen LogP contribution in [0.3, 0.4) is 0 Å². The Bertz CT molecular complexity index is 895. The molecule has 1 aliphatic heterocycles. The van der Waals surface area contributed by atoms with Gasteiger partial charge in [0.1, 0.15) is 0 Å². The van der Waals surface area contributed by atoms with Crippen LogP contribution in [-0.4, -0.2) is 41.8 Å². The van der Waals surface area contributed by atoms with Gasteiger partial charge in [0, 0.05) is 24.1 Å². The Balaban J connectivity index is 1.66. The highest BCUT2D eigenvalue weighted by molar-refractivity contribution is 7.91. The molecule has 1 amide bonds. The van der Waals surface area contributed by atoms with Crippen molar-refractivity contribution in [3.05, 3.63) is 47.8 Å². The fourth-order valence-electron chi connectivity index (χ4n) is 2.92. The fourth-order valence-corrected chi connectivity index (χ4v) is 4.60. The molecule has 1 saturated heterocycles. The molecule has 0 bridgehead atoms. The molecule has 26 heavy (non-hydrogen) atoms. The normalized spacial score (nSPS) is 18.7. The van der Waals surface area contributed by atoms with E-state index < -0.39 is 9.84 Å². The average molecular weight is 374 g/mol. The summed E-state index contributed by atoms with van der Waals surface area (Å²) in [5.74, 6) is 0.503. The zero-order valence-corrected chi connectivity index (χ0v) is 15.6. The van der Waals surface area contributed by atoms with Gasteiger partial charge in [0.25, 0.3) is 5.91 Å². The minimum atomic E-state index is -3.03. The summed E-state index contributed by atoms with van der Waals surface area (Å²) in [6, 6.07) is 7.58. The second kappa shape index (κ2) is 7.41. The lowest BCUT2D eigenvalue weighted by atomic mass is 10.0. The van der Waals surface area contributed by atoms with E-state index in [0.717, 1.165) is 11.3 Å². The highest BCUT2D eigenvalue weighted by Crippen LogP contribution is 2.25. The predicted molar refractivity (Wildman–Crippen MR) is 100 cm³/mol. The van der Waals surface area contributed by atoms with Gasteiger partial charge >= 0.3 is 0 Å². The molecule has 1 fully saturated rings. The highest BCUT2D eigenvalue weighted by Gasteiger charge is 2.29. The average Bonchev–Trinajstić information content (AvgIpc) is 2.94. The van der Waals surface area contributed by atoms with E-state index in [1.807, 2.05) is 24.3 Å². The second-order valence-corrected chi connectivity index (χ2v) is 8.96. The Hall–Kier alpha value is -2.48. The molecule has 1 unspecified atom stereocenters. The summed E-state index contributed by atoms with van der Waals surface area (Å²) in [6.07, 6.45) is 3.32. The first-order valence-corrected chi connectivity index (χ1v) is 10.4. The predicted octanol–water partition coefficient (Wildman–Crippen LogP) is 2.26. The molecule has 3 rings (SSSR count). The molecule has 2 heterocycles. The topological polar surface area (TPSA) is 101 Å². The van der Waals surface area contributed by atoms with Crippen LogP contribution in [0.25, 0.3) is 0 Å². The lowest BCUT2D eigenvalue weighted by Gasteiger charge is -2.14. The van der Waals surface area contributed by atoms with Crippen molar-refractivity contribution < 1.29 is 13.2 Å². The van der Waals surface area contributed by atoms with Crippen molar-refractivity contribution in [2.45, 2.75) is 32.2 Å². The van der Waals surface area contributed by atoms with Gasteiger partial charge in [-0.05, 0) is 24.0 Å². The van der Waals surface area contributed by atoms with Gasteiger partial charge in [0.05, 0.1) is 17.1 Å². The van der Waals surface area contributed by atoms with Crippen molar-refractivity contribution >= 4 is 27.4 Å². The van der Waals surface area contributed by atoms with Gasteiger partial charge in [-0.1, -0.05) is 32.0 Å². The van der Waals surface area contributed by atoms with Crippen molar-refractivity contribution in [1.82, 2.24) is 15.3 Å². The number of amides is 1. The van der Waals surface area contributed by atoms with Crippen LogP contribution in [0.2, 0.25) is 0 Å². The maximum absolute atomic E-state index is 12.2. The minimum absolute atomic E-state index is 0.00871. The summed E-state index contributed by atoms with van der Waals surface area (Å²) in [4.78, 5) is 20.6. The molecule has 1 aromatic heterocycles. The number of hydrogen-bond donors (Lipinski definition) is 2. The van der Waals surface area contributed by atoms with Gasteiger partial charge in [-0.2, -0.15) is 0 Å². The molecule has 0 radical (unpaired) electrons.